The maximum Gasteiger partial charge on any atom is 0.104 e. The van der Waals surface area contributed by atoms with E-state index >= 15 is 0 Å². The minimum atomic E-state index is 0.459. The van der Waals surface area contributed by atoms with Gasteiger partial charge in [0.2, 0.25) is 0 Å². The molecule has 0 amide bonds. The quantitative estimate of drug-likeness (QED) is 0.875. The summed E-state index contributed by atoms with van der Waals surface area (Å²) in [7, 11) is 0. The Labute approximate surface area is 118 Å². The van der Waals surface area contributed by atoms with Gasteiger partial charge in [-0.2, -0.15) is 0 Å². The Morgan fingerprint density at radius 1 is 1.32 bits per heavy atom. The molecule has 100 valence electrons. The van der Waals surface area contributed by atoms with Gasteiger partial charge in [0.15, 0.2) is 0 Å². The second kappa shape index (κ2) is 5.31. The fourth-order valence-corrected chi connectivity index (χ4v) is 2.83. The van der Waals surface area contributed by atoms with Gasteiger partial charge >= 0.3 is 0 Å². The summed E-state index contributed by atoms with van der Waals surface area (Å²) in [5.74, 6) is 0.706. The van der Waals surface area contributed by atoms with E-state index in [0.717, 1.165) is 38.2 Å². The third kappa shape index (κ3) is 2.65. The number of rotatable bonds is 3. The van der Waals surface area contributed by atoms with Crippen LogP contribution in [0.15, 0.2) is 30.5 Å². The summed E-state index contributed by atoms with van der Waals surface area (Å²) in [6.45, 7) is 2.83. The molecule has 3 rings (SSSR count). The lowest BCUT2D eigenvalue weighted by molar-refractivity contribution is 0.0616. The highest BCUT2D eigenvalue weighted by Crippen LogP contribution is 2.22. The van der Waals surface area contributed by atoms with E-state index in [4.69, 9.17) is 22.7 Å². The number of hydrogen-bond acceptors (Lipinski definition) is 2. The first-order chi connectivity index (χ1) is 9.24. The lowest BCUT2D eigenvalue weighted by Gasteiger charge is -2.22. The van der Waals surface area contributed by atoms with Crippen LogP contribution in [0.1, 0.15) is 18.4 Å². The van der Waals surface area contributed by atoms with E-state index in [2.05, 4.69) is 29.0 Å². The van der Waals surface area contributed by atoms with Gasteiger partial charge in [-0.05, 0) is 36.3 Å². The van der Waals surface area contributed by atoms with Crippen molar-refractivity contribution < 1.29 is 4.74 Å². The fourth-order valence-electron chi connectivity index (χ4n) is 2.70. The number of hydrogen-bond donors (Lipinski definition) is 1. The minimum absolute atomic E-state index is 0.459. The van der Waals surface area contributed by atoms with Crippen molar-refractivity contribution in [3.8, 4) is 0 Å². The summed E-state index contributed by atoms with van der Waals surface area (Å²) in [5, 5.41) is 1.24. The molecular formula is C15H18N2OS. The number of aromatic nitrogens is 1. The van der Waals surface area contributed by atoms with Crippen LogP contribution in [0.4, 0.5) is 0 Å². The normalized spacial score (nSPS) is 16.8. The first kappa shape index (κ1) is 12.6. The number of fused-ring (bicyclic) bond motifs is 1. The number of benzene rings is 1. The Balaban J connectivity index is 1.89. The molecule has 0 bridgehead atoms. The maximum atomic E-state index is 5.71. The third-order valence-electron chi connectivity index (χ3n) is 3.85. The van der Waals surface area contributed by atoms with E-state index in [0.29, 0.717) is 10.9 Å². The number of ether oxygens (including phenoxy) is 1. The second-order valence-corrected chi connectivity index (χ2v) is 5.60. The first-order valence-corrected chi connectivity index (χ1v) is 7.11. The first-order valence-electron chi connectivity index (χ1n) is 6.70. The standard InChI is InChI=1S/C15H18N2OS/c16-15(19)13-2-1-12-3-6-17(14(12)9-13)10-11-4-7-18-8-5-11/h1-3,6,9,11H,4-5,7-8,10H2,(H2,16,19). The molecular weight excluding hydrogens is 256 g/mol. The largest absolute Gasteiger partial charge is 0.389 e. The van der Waals surface area contributed by atoms with E-state index in [1.54, 1.807) is 0 Å². The summed E-state index contributed by atoms with van der Waals surface area (Å²) in [6, 6.07) is 8.32. The maximum absolute atomic E-state index is 5.71. The average Bonchev–Trinajstić information content (AvgIpc) is 2.82. The Morgan fingerprint density at radius 2 is 2.11 bits per heavy atom. The molecule has 2 heterocycles. The van der Waals surface area contributed by atoms with Gasteiger partial charge in [-0.15, -0.1) is 0 Å². The molecule has 1 aromatic heterocycles. The molecule has 1 aromatic carbocycles. The SMILES string of the molecule is NC(=S)c1ccc2ccn(CC3CCOCC3)c2c1. The zero-order chi connectivity index (χ0) is 13.2. The molecule has 0 radical (unpaired) electrons. The number of thiocarbonyl (C=S) groups is 1. The molecule has 0 saturated carbocycles. The summed E-state index contributed by atoms with van der Waals surface area (Å²) in [4.78, 5) is 0.459. The summed E-state index contributed by atoms with van der Waals surface area (Å²) < 4.78 is 7.73. The lowest BCUT2D eigenvalue weighted by atomic mass is 10.0. The molecule has 0 aliphatic carbocycles. The second-order valence-electron chi connectivity index (χ2n) is 5.16. The van der Waals surface area contributed by atoms with Crippen LogP contribution in [-0.4, -0.2) is 22.8 Å². The highest BCUT2D eigenvalue weighted by atomic mass is 32.1. The third-order valence-corrected chi connectivity index (χ3v) is 4.09. The van der Waals surface area contributed by atoms with Gasteiger partial charge in [-0.1, -0.05) is 24.4 Å². The van der Waals surface area contributed by atoms with Crippen LogP contribution in [0.25, 0.3) is 10.9 Å². The average molecular weight is 274 g/mol. The fraction of sp³-hybridized carbons (Fsp3) is 0.400. The van der Waals surface area contributed by atoms with Crippen LogP contribution in [0.5, 0.6) is 0 Å². The summed E-state index contributed by atoms with van der Waals surface area (Å²) in [6.07, 6.45) is 4.45. The van der Waals surface area contributed by atoms with Crippen molar-refractivity contribution in [2.24, 2.45) is 11.7 Å². The summed E-state index contributed by atoms with van der Waals surface area (Å²) >= 11 is 5.06. The van der Waals surface area contributed by atoms with Gasteiger partial charge in [0, 0.05) is 37.0 Å². The van der Waals surface area contributed by atoms with Crippen LogP contribution in [0.2, 0.25) is 0 Å². The van der Waals surface area contributed by atoms with Crippen LogP contribution in [0, 0.1) is 5.92 Å². The molecule has 2 aromatic rings. The van der Waals surface area contributed by atoms with Gasteiger partial charge < -0.3 is 15.0 Å². The van der Waals surface area contributed by atoms with E-state index in [1.165, 1.54) is 10.9 Å². The van der Waals surface area contributed by atoms with Gasteiger partial charge in [0.1, 0.15) is 4.99 Å². The van der Waals surface area contributed by atoms with Crippen molar-refractivity contribution in [3.63, 3.8) is 0 Å². The topological polar surface area (TPSA) is 40.2 Å². The smallest absolute Gasteiger partial charge is 0.104 e. The Kier molecular flexibility index (Phi) is 3.53. The van der Waals surface area contributed by atoms with Gasteiger partial charge in [0.25, 0.3) is 0 Å². The lowest BCUT2D eigenvalue weighted by Crippen LogP contribution is -2.20. The molecule has 1 aliphatic rings. The molecule has 1 aliphatic heterocycles. The molecule has 0 spiro atoms. The van der Waals surface area contributed by atoms with E-state index in [1.807, 2.05) is 6.07 Å². The van der Waals surface area contributed by atoms with Crippen molar-refractivity contribution in [2.75, 3.05) is 13.2 Å². The predicted octanol–water partition coefficient (Wildman–Crippen LogP) is 2.70. The molecule has 0 unspecified atom stereocenters. The van der Waals surface area contributed by atoms with E-state index in [9.17, 15) is 0 Å². The van der Waals surface area contributed by atoms with Crippen molar-refractivity contribution >= 4 is 28.1 Å². The van der Waals surface area contributed by atoms with Gasteiger partial charge in [0.05, 0.1) is 0 Å². The van der Waals surface area contributed by atoms with Gasteiger partial charge in [-0.25, -0.2) is 0 Å². The summed E-state index contributed by atoms with van der Waals surface area (Å²) in [5.41, 5.74) is 7.87. The molecule has 19 heavy (non-hydrogen) atoms. The monoisotopic (exact) mass is 274 g/mol. The van der Waals surface area contributed by atoms with Crippen LogP contribution >= 0.6 is 12.2 Å². The van der Waals surface area contributed by atoms with Crippen LogP contribution in [-0.2, 0) is 11.3 Å². The zero-order valence-electron chi connectivity index (χ0n) is 10.8. The van der Waals surface area contributed by atoms with Crippen LogP contribution in [0.3, 0.4) is 0 Å². The van der Waals surface area contributed by atoms with Crippen molar-refractivity contribution in [1.29, 1.82) is 0 Å². The molecule has 3 nitrogen and oxygen atoms in total. The minimum Gasteiger partial charge on any atom is -0.389 e. The Bertz CT molecular complexity index is 599. The molecule has 1 saturated heterocycles. The zero-order valence-corrected chi connectivity index (χ0v) is 11.7. The number of nitrogens with zero attached hydrogens (tertiary/aromatic N) is 1. The number of nitrogens with two attached hydrogens (primary N) is 1. The van der Waals surface area contributed by atoms with Crippen molar-refractivity contribution in [2.45, 2.75) is 19.4 Å². The Hall–Kier alpha value is -1.39. The van der Waals surface area contributed by atoms with Crippen molar-refractivity contribution in [1.82, 2.24) is 4.57 Å². The molecule has 4 heteroatoms. The predicted molar refractivity (Wildman–Crippen MR) is 81.4 cm³/mol. The highest BCUT2D eigenvalue weighted by molar-refractivity contribution is 7.80. The molecule has 0 atom stereocenters. The molecule has 2 N–H and O–H groups in total. The van der Waals surface area contributed by atoms with E-state index < -0.39 is 0 Å². The Morgan fingerprint density at radius 3 is 2.84 bits per heavy atom. The highest BCUT2D eigenvalue weighted by Gasteiger charge is 2.15. The molecule has 1 fully saturated rings. The van der Waals surface area contributed by atoms with Crippen LogP contribution < -0.4 is 5.73 Å². The van der Waals surface area contributed by atoms with Gasteiger partial charge in [-0.3, -0.25) is 0 Å². The van der Waals surface area contributed by atoms with E-state index in [-0.39, 0.29) is 0 Å². The van der Waals surface area contributed by atoms with Crippen molar-refractivity contribution in [3.05, 3.63) is 36.0 Å².